The summed E-state index contributed by atoms with van der Waals surface area (Å²) in [6, 6.07) is 0. The lowest BCUT2D eigenvalue weighted by molar-refractivity contribution is -0.152. The predicted molar refractivity (Wildman–Crippen MR) is 193 cm³/mol. The third kappa shape index (κ3) is 33.2. The largest absolute Gasteiger partial charge is 0.463 e. The molecule has 1 unspecified atom stereocenters. The number of esters is 2. The van der Waals surface area contributed by atoms with Crippen molar-refractivity contribution < 1.29 is 29.3 Å². The summed E-state index contributed by atoms with van der Waals surface area (Å²) in [6.45, 7) is 6.45. The Morgan fingerprint density at radius 1 is 0.587 bits per heavy atom. The van der Waals surface area contributed by atoms with Gasteiger partial charge in [-0.3, -0.25) is 9.59 Å². The van der Waals surface area contributed by atoms with Gasteiger partial charge in [-0.05, 0) is 50.9 Å². The summed E-state index contributed by atoms with van der Waals surface area (Å²) in [5.74, 6) is 0.219. The molecule has 0 aliphatic rings. The molecule has 6 nitrogen and oxygen atoms in total. The minimum Gasteiger partial charge on any atom is -0.463 e. The zero-order valence-corrected chi connectivity index (χ0v) is 29.8. The highest BCUT2D eigenvalue weighted by atomic mass is 16.6. The molecule has 0 aromatic heterocycles. The maximum absolute atomic E-state index is 11.9. The quantitative estimate of drug-likeness (QED) is 0.0429. The van der Waals surface area contributed by atoms with Crippen LogP contribution >= 0.6 is 0 Å². The standard InChI is InChI=1S/C40H70O6/c1-4-6-30-37(41)31-26-22-18-14-9-7-8-10-15-19-23-27-32-39(43)45-34-38(42)35-46-40(44)33-28-24-20-16-12-11-13-17-21-25-29-36(3)5-2/h7-8,14-15,18-19,26,31,36-38,41-42H,4-6,9-13,16-17,20-25,27-30,32-35H2,1-3H3/b8-7-,18-14-,19-15-,31-26-/t36?,37-,38+/m0/s1. The Balaban J connectivity index is 3.60. The minimum absolute atomic E-state index is 0.143. The number of unbranched alkanes of at least 4 members (excludes halogenated alkanes) is 11. The number of hydrogen-bond acceptors (Lipinski definition) is 6. The Labute approximate surface area is 282 Å². The first-order chi connectivity index (χ1) is 22.4. The lowest BCUT2D eigenvalue weighted by Gasteiger charge is -2.12. The van der Waals surface area contributed by atoms with Crippen molar-refractivity contribution in [3.05, 3.63) is 48.6 Å². The Bertz CT molecular complexity index is 815. The van der Waals surface area contributed by atoms with Crippen LogP contribution in [-0.4, -0.2) is 47.6 Å². The molecule has 0 amide bonds. The third-order valence-electron chi connectivity index (χ3n) is 8.18. The van der Waals surface area contributed by atoms with Gasteiger partial charge < -0.3 is 19.7 Å². The predicted octanol–water partition coefficient (Wildman–Crippen LogP) is 10.3. The molecule has 2 N–H and O–H groups in total. The number of rotatable bonds is 32. The van der Waals surface area contributed by atoms with Crippen LogP contribution in [0.15, 0.2) is 48.6 Å². The van der Waals surface area contributed by atoms with Crippen LogP contribution in [0.3, 0.4) is 0 Å². The monoisotopic (exact) mass is 647 g/mol. The lowest BCUT2D eigenvalue weighted by atomic mass is 9.99. The van der Waals surface area contributed by atoms with Crippen LogP contribution in [0, 0.1) is 5.92 Å². The molecular formula is C40H70O6. The van der Waals surface area contributed by atoms with Crippen molar-refractivity contribution >= 4 is 11.9 Å². The summed E-state index contributed by atoms with van der Waals surface area (Å²) in [4.78, 5) is 23.9. The molecule has 0 aliphatic carbocycles. The van der Waals surface area contributed by atoms with E-state index in [1.54, 1.807) is 0 Å². The van der Waals surface area contributed by atoms with Crippen LogP contribution < -0.4 is 0 Å². The van der Waals surface area contributed by atoms with Crippen LogP contribution in [0.1, 0.15) is 162 Å². The van der Waals surface area contributed by atoms with E-state index < -0.39 is 6.10 Å². The highest BCUT2D eigenvalue weighted by Gasteiger charge is 2.12. The molecule has 0 heterocycles. The fourth-order valence-corrected chi connectivity index (χ4v) is 4.90. The molecule has 0 rings (SSSR count). The maximum atomic E-state index is 11.9. The van der Waals surface area contributed by atoms with Crippen LogP contribution in [0.4, 0.5) is 0 Å². The number of carbonyl (C=O) groups excluding carboxylic acids is 2. The van der Waals surface area contributed by atoms with Crippen molar-refractivity contribution in [2.24, 2.45) is 5.92 Å². The zero-order chi connectivity index (χ0) is 33.9. The molecule has 0 bridgehead atoms. The molecule has 266 valence electrons. The van der Waals surface area contributed by atoms with Crippen molar-refractivity contribution in [3.8, 4) is 0 Å². The van der Waals surface area contributed by atoms with Gasteiger partial charge >= 0.3 is 11.9 Å². The van der Waals surface area contributed by atoms with E-state index in [9.17, 15) is 19.8 Å². The fourth-order valence-electron chi connectivity index (χ4n) is 4.90. The van der Waals surface area contributed by atoms with Gasteiger partial charge in [0.2, 0.25) is 0 Å². The Hall–Kier alpha value is -2.18. The van der Waals surface area contributed by atoms with E-state index in [1.807, 2.05) is 12.2 Å². The minimum atomic E-state index is -0.996. The summed E-state index contributed by atoms with van der Waals surface area (Å²) in [7, 11) is 0. The average molecular weight is 647 g/mol. The Kier molecular flexibility index (Phi) is 32.5. The second-order valence-electron chi connectivity index (χ2n) is 12.8. The molecule has 46 heavy (non-hydrogen) atoms. The first-order valence-corrected chi connectivity index (χ1v) is 18.7. The highest BCUT2D eigenvalue weighted by molar-refractivity contribution is 5.69. The molecule has 0 aromatic rings. The van der Waals surface area contributed by atoms with Gasteiger partial charge in [0, 0.05) is 12.8 Å². The number of hydrogen-bond donors (Lipinski definition) is 2. The molecule has 6 heteroatoms. The van der Waals surface area contributed by atoms with Gasteiger partial charge in [-0.25, -0.2) is 0 Å². The smallest absolute Gasteiger partial charge is 0.305 e. The van der Waals surface area contributed by atoms with Crippen molar-refractivity contribution in [2.75, 3.05) is 13.2 Å². The van der Waals surface area contributed by atoms with Crippen LogP contribution in [0.25, 0.3) is 0 Å². The number of allylic oxidation sites excluding steroid dienone is 7. The van der Waals surface area contributed by atoms with Gasteiger partial charge in [-0.2, -0.15) is 0 Å². The van der Waals surface area contributed by atoms with E-state index in [2.05, 4.69) is 57.2 Å². The fraction of sp³-hybridized carbons (Fsp3) is 0.750. The lowest BCUT2D eigenvalue weighted by Crippen LogP contribution is -2.25. The van der Waals surface area contributed by atoms with Crippen molar-refractivity contribution in [1.82, 2.24) is 0 Å². The average Bonchev–Trinajstić information content (AvgIpc) is 3.05. The normalized spacial score (nSPS) is 14.1. The number of carbonyl (C=O) groups is 2. The van der Waals surface area contributed by atoms with E-state index in [1.165, 1.54) is 57.8 Å². The van der Waals surface area contributed by atoms with E-state index in [0.29, 0.717) is 19.3 Å². The highest BCUT2D eigenvalue weighted by Crippen LogP contribution is 2.15. The van der Waals surface area contributed by atoms with E-state index in [-0.39, 0.29) is 31.3 Å². The van der Waals surface area contributed by atoms with Gasteiger partial charge in [-0.15, -0.1) is 0 Å². The second kappa shape index (κ2) is 34.2. The summed E-state index contributed by atoms with van der Waals surface area (Å²) in [6.07, 6.45) is 37.8. The first-order valence-electron chi connectivity index (χ1n) is 18.7. The molecule has 0 radical (unpaired) electrons. The van der Waals surface area contributed by atoms with Gasteiger partial charge in [0.05, 0.1) is 6.10 Å². The van der Waals surface area contributed by atoms with Crippen LogP contribution in [0.5, 0.6) is 0 Å². The van der Waals surface area contributed by atoms with Crippen LogP contribution in [-0.2, 0) is 19.1 Å². The number of aliphatic hydroxyl groups excluding tert-OH is 2. The molecule has 0 spiro atoms. The molecule has 0 fully saturated rings. The topological polar surface area (TPSA) is 93.1 Å². The molecule has 0 aliphatic heterocycles. The van der Waals surface area contributed by atoms with E-state index in [0.717, 1.165) is 70.1 Å². The zero-order valence-electron chi connectivity index (χ0n) is 29.8. The van der Waals surface area contributed by atoms with E-state index in [4.69, 9.17) is 9.47 Å². The second-order valence-corrected chi connectivity index (χ2v) is 12.8. The van der Waals surface area contributed by atoms with Gasteiger partial charge in [0.25, 0.3) is 0 Å². The van der Waals surface area contributed by atoms with Crippen LogP contribution in [0.2, 0.25) is 0 Å². The summed E-state index contributed by atoms with van der Waals surface area (Å²) in [5, 5.41) is 19.7. The SMILES string of the molecule is CCCC[C@H](O)/C=C\C/C=C\C/C=C\C/C=C\CCCC(=O)OC[C@@H](O)COC(=O)CCCCCCCCCCCCC(C)CC. The molecule has 3 atom stereocenters. The van der Waals surface area contributed by atoms with E-state index >= 15 is 0 Å². The summed E-state index contributed by atoms with van der Waals surface area (Å²) >= 11 is 0. The van der Waals surface area contributed by atoms with Crippen molar-refractivity contribution in [1.29, 1.82) is 0 Å². The van der Waals surface area contributed by atoms with Gasteiger partial charge in [0.1, 0.15) is 19.3 Å². The molecular weight excluding hydrogens is 576 g/mol. The third-order valence-corrected chi connectivity index (χ3v) is 8.18. The number of aliphatic hydroxyl groups is 2. The van der Waals surface area contributed by atoms with Gasteiger partial charge in [-0.1, -0.05) is 153 Å². The Morgan fingerprint density at radius 2 is 1.07 bits per heavy atom. The Morgan fingerprint density at radius 3 is 1.61 bits per heavy atom. The molecule has 0 aromatic carbocycles. The van der Waals surface area contributed by atoms with Crippen molar-refractivity contribution in [3.63, 3.8) is 0 Å². The number of ether oxygens (including phenoxy) is 2. The summed E-state index contributed by atoms with van der Waals surface area (Å²) < 4.78 is 10.3. The maximum Gasteiger partial charge on any atom is 0.305 e. The first kappa shape index (κ1) is 43.8. The summed E-state index contributed by atoms with van der Waals surface area (Å²) in [5.41, 5.74) is 0. The van der Waals surface area contributed by atoms with Gasteiger partial charge in [0.15, 0.2) is 0 Å². The molecule has 0 saturated heterocycles. The van der Waals surface area contributed by atoms with Crippen molar-refractivity contribution in [2.45, 2.75) is 174 Å². The molecule has 0 saturated carbocycles.